The molecule has 5 nitrogen and oxygen atoms in total. The molecule has 0 amide bonds. The van der Waals surface area contributed by atoms with Gasteiger partial charge in [0.1, 0.15) is 12.8 Å². The maximum Gasteiger partial charge on any atom is 0.303 e. The number of hydrogen-bond donors (Lipinski definition) is 1. The number of aliphatic hydroxyl groups excluding tert-OH is 1. The average Bonchev–Trinajstić information content (AvgIpc) is 2.94. The first-order valence-corrected chi connectivity index (χ1v) is 11.4. The van der Waals surface area contributed by atoms with Gasteiger partial charge in [-0.05, 0) is 60.2 Å². The molecule has 7 heteroatoms. The van der Waals surface area contributed by atoms with Crippen molar-refractivity contribution < 1.29 is 28.6 Å². The monoisotopic (exact) mass is 452 g/mol. The van der Waals surface area contributed by atoms with Gasteiger partial charge in [0.05, 0.1) is 11.0 Å². The van der Waals surface area contributed by atoms with Gasteiger partial charge in [-0.1, -0.05) is 26.8 Å². The molecule has 170 valence electrons. The predicted octanol–water partition coefficient (Wildman–Crippen LogP) is 3.57. The summed E-state index contributed by atoms with van der Waals surface area (Å²) in [7, 11) is 0. The number of alkyl halides is 2. The third kappa shape index (κ3) is 3.01. The molecule has 0 spiro atoms. The number of rotatable bonds is 3. The van der Waals surface area contributed by atoms with Crippen LogP contribution in [0.5, 0.6) is 0 Å². The van der Waals surface area contributed by atoms with Crippen LogP contribution in [-0.4, -0.2) is 46.4 Å². The van der Waals surface area contributed by atoms with E-state index in [1.165, 1.54) is 19.1 Å². The summed E-state index contributed by atoms with van der Waals surface area (Å²) in [6.45, 7) is 6.75. The number of carbonyl (C=O) groups excluding carboxylic acids is 3. The van der Waals surface area contributed by atoms with E-state index >= 15 is 4.39 Å². The molecule has 3 fully saturated rings. The van der Waals surface area contributed by atoms with Crippen molar-refractivity contribution in [1.29, 1.82) is 0 Å². The van der Waals surface area contributed by atoms with E-state index in [1.54, 1.807) is 13.0 Å². The number of allylic oxidation sites excluding steroid dienone is 4. The molecule has 0 aromatic carbocycles. The van der Waals surface area contributed by atoms with E-state index in [4.69, 9.17) is 16.3 Å². The number of aliphatic hydroxyl groups is 1. The van der Waals surface area contributed by atoms with Gasteiger partial charge in [-0.2, -0.15) is 0 Å². The normalized spacial score (nSPS) is 48.4. The van der Waals surface area contributed by atoms with Crippen LogP contribution in [0.15, 0.2) is 23.8 Å². The Morgan fingerprint density at radius 2 is 1.97 bits per heavy atom. The first-order chi connectivity index (χ1) is 14.4. The number of fused-ring (bicyclic) bond motifs is 5. The highest BCUT2D eigenvalue weighted by atomic mass is 35.5. The summed E-state index contributed by atoms with van der Waals surface area (Å²) >= 11 is 7.29. The van der Waals surface area contributed by atoms with Crippen molar-refractivity contribution >= 4 is 29.1 Å². The first-order valence-electron chi connectivity index (χ1n) is 11.0. The van der Waals surface area contributed by atoms with Crippen LogP contribution >= 0.6 is 11.6 Å². The Bertz CT molecular complexity index is 898. The minimum atomic E-state index is -1.34. The predicted molar refractivity (Wildman–Crippen MR) is 113 cm³/mol. The Morgan fingerprint density at radius 1 is 1.29 bits per heavy atom. The van der Waals surface area contributed by atoms with E-state index in [-0.39, 0.29) is 42.3 Å². The van der Waals surface area contributed by atoms with E-state index in [0.717, 1.165) is 0 Å². The van der Waals surface area contributed by atoms with Gasteiger partial charge in [0.15, 0.2) is 11.6 Å². The molecule has 4 rings (SSSR count). The van der Waals surface area contributed by atoms with E-state index < -0.39 is 39.9 Å². The van der Waals surface area contributed by atoms with Gasteiger partial charge in [0.2, 0.25) is 0 Å². The van der Waals surface area contributed by atoms with Gasteiger partial charge in [-0.25, -0.2) is 4.39 Å². The lowest BCUT2D eigenvalue weighted by Crippen LogP contribution is -2.67. The van der Waals surface area contributed by atoms with Crippen LogP contribution in [-0.2, 0) is 19.1 Å². The summed E-state index contributed by atoms with van der Waals surface area (Å²) < 4.78 is 20.4. The summed E-state index contributed by atoms with van der Waals surface area (Å²) in [5.41, 5.74) is -1.23. The average molecular weight is 453 g/mol. The van der Waals surface area contributed by atoms with Crippen molar-refractivity contribution in [3.63, 3.8) is 0 Å². The molecule has 4 aliphatic carbocycles. The van der Waals surface area contributed by atoms with Crippen LogP contribution in [0.2, 0.25) is 0 Å². The topological polar surface area (TPSA) is 80.7 Å². The number of hydrogen-bond acceptors (Lipinski definition) is 5. The summed E-state index contributed by atoms with van der Waals surface area (Å²) in [5.74, 6) is -1.79. The zero-order chi connectivity index (χ0) is 22.9. The molecular formula is C24H30ClFO5. The molecule has 0 aliphatic heterocycles. The molecule has 0 bridgehead atoms. The zero-order valence-electron chi connectivity index (χ0n) is 18.4. The van der Waals surface area contributed by atoms with Crippen molar-refractivity contribution in [2.24, 2.45) is 34.5 Å². The van der Waals surface area contributed by atoms with Gasteiger partial charge in [-0.15, -0.1) is 11.6 Å². The number of ketones is 2. The highest BCUT2D eigenvalue weighted by Gasteiger charge is 2.71. The van der Waals surface area contributed by atoms with Crippen LogP contribution in [0, 0.1) is 34.5 Å². The number of halogens is 2. The summed E-state index contributed by atoms with van der Waals surface area (Å²) in [5, 5.41) is 11.4. The molecule has 0 aromatic rings. The van der Waals surface area contributed by atoms with Crippen molar-refractivity contribution in [2.75, 3.05) is 6.61 Å². The zero-order valence-corrected chi connectivity index (χ0v) is 19.1. The Morgan fingerprint density at radius 3 is 2.61 bits per heavy atom. The Kier molecular flexibility index (Phi) is 5.29. The molecule has 0 radical (unpaired) electrons. The molecule has 9 atom stereocenters. The number of carbonyl (C=O) groups is 3. The SMILES string of the molecule is CC(=O)OCC(=O)[C@H]1[C@H](C)C[C@H]2[C@@H]3C[C@H](F)C4=CC(=O)C=C[C@]4(C)[C@@]3(Cl)[C@@H](O)C[C@@]21C. The van der Waals surface area contributed by atoms with Crippen LogP contribution in [0.25, 0.3) is 0 Å². The second-order valence-corrected chi connectivity index (χ2v) is 11.0. The van der Waals surface area contributed by atoms with Crippen molar-refractivity contribution in [3.8, 4) is 0 Å². The minimum Gasteiger partial charge on any atom is -0.458 e. The van der Waals surface area contributed by atoms with Crippen LogP contribution in [0.1, 0.15) is 47.0 Å². The molecule has 1 N–H and O–H groups in total. The van der Waals surface area contributed by atoms with E-state index in [9.17, 15) is 19.5 Å². The third-order valence-electron chi connectivity index (χ3n) is 8.73. The van der Waals surface area contributed by atoms with Crippen LogP contribution in [0.3, 0.4) is 0 Å². The number of Topliss-reactive ketones (excluding diaryl/α,β-unsaturated/α-hetero) is 1. The summed E-state index contributed by atoms with van der Waals surface area (Å²) in [6.07, 6.45) is 3.15. The molecule has 3 saturated carbocycles. The summed E-state index contributed by atoms with van der Waals surface area (Å²) in [6, 6.07) is 0. The molecule has 4 aliphatic rings. The maximum absolute atomic E-state index is 15.4. The summed E-state index contributed by atoms with van der Waals surface area (Å²) in [4.78, 5) is 35.0. The van der Waals surface area contributed by atoms with Gasteiger partial charge in [0.25, 0.3) is 0 Å². The standard InChI is InChI=1S/C24H30ClFO5/c1-12-7-15-16-9-18(26)17-8-14(28)5-6-23(17,4)24(16,25)20(30)10-22(15,3)21(12)19(29)11-31-13(2)27/h5-6,8,12,15-16,18,20-21,30H,7,9-11H2,1-4H3/t12-,15+,16+,18+,20+,21-,22+,23+,24+/m1/s1. The second kappa shape index (κ2) is 7.24. The maximum atomic E-state index is 15.4. The molecule has 0 unspecified atom stereocenters. The van der Waals surface area contributed by atoms with Crippen molar-refractivity contribution in [3.05, 3.63) is 23.8 Å². The molecule has 31 heavy (non-hydrogen) atoms. The Hall–Kier alpha value is -1.53. The first kappa shape index (κ1) is 22.7. The van der Waals surface area contributed by atoms with Gasteiger partial charge in [0, 0.05) is 18.3 Å². The Labute approximate surface area is 187 Å². The third-order valence-corrected chi connectivity index (χ3v) is 9.66. The molecule has 0 saturated heterocycles. The van der Waals surface area contributed by atoms with E-state index in [2.05, 4.69) is 0 Å². The lowest BCUT2D eigenvalue weighted by Gasteiger charge is -2.63. The largest absolute Gasteiger partial charge is 0.458 e. The Balaban J connectivity index is 1.74. The quantitative estimate of drug-likeness (QED) is 0.523. The van der Waals surface area contributed by atoms with Gasteiger partial charge in [-0.3, -0.25) is 14.4 Å². The highest BCUT2D eigenvalue weighted by molar-refractivity contribution is 6.26. The van der Waals surface area contributed by atoms with E-state index in [0.29, 0.717) is 18.4 Å². The number of esters is 1. The smallest absolute Gasteiger partial charge is 0.303 e. The number of ether oxygens (including phenoxy) is 1. The molecule has 0 heterocycles. The fraction of sp³-hybridized carbons (Fsp3) is 0.708. The highest BCUT2D eigenvalue weighted by Crippen LogP contribution is 2.70. The minimum absolute atomic E-state index is 0.00411. The van der Waals surface area contributed by atoms with Crippen LogP contribution in [0.4, 0.5) is 4.39 Å². The molecular weight excluding hydrogens is 423 g/mol. The van der Waals surface area contributed by atoms with Crippen molar-refractivity contribution in [1.82, 2.24) is 0 Å². The van der Waals surface area contributed by atoms with Gasteiger partial charge >= 0.3 is 5.97 Å². The lowest BCUT2D eigenvalue weighted by atomic mass is 9.46. The molecule has 0 aromatic heterocycles. The fourth-order valence-corrected chi connectivity index (χ4v) is 8.01. The lowest BCUT2D eigenvalue weighted by molar-refractivity contribution is -0.152. The second-order valence-electron chi connectivity index (χ2n) is 10.4. The van der Waals surface area contributed by atoms with Crippen molar-refractivity contribution in [2.45, 2.75) is 64.1 Å². The van der Waals surface area contributed by atoms with E-state index in [1.807, 2.05) is 13.8 Å². The van der Waals surface area contributed by atoms with Crippen LogP contribution < -0.4 is 0 Å². The fourth-order valence-electron chi connectivity index (χ4n) is 7.52. The van der Waals surface area contributed by atoms with Gasteiger partial charge < -0.3 is 9.84 Å².